The van der Waals surface area contributed by atoms with Gasteiger partial charge in [0.25, 0.3) is 0 Å². The third-order valence-corrected chi connectivity index (χ3v) is 1.98. The van der Waals surface area contributed by atoms with Crippen LogP contribution in [0, 0.1) is 6.92 Å². The van der Waals surface area contributed by atoms with Crippen LogP contribution in [0.4, 0.5) is 0 Å². The average molecular weight is 255 g/mol. The van der Waals surface area contributed by atoms with Gasteiger partial charge >= 0.3 is 0 Å². The second kappa shape index (κ2) is 7.70. The van der Waals surface area contributed by atoms with E-state index in [1.165, 1.54) is 0 Å². The molecule has 1 aromatic heterocycles. The standard InChI is InChI=1S/C9H14N2O2.2ClH/c1-6-9(13-2)8(3-10)7(5-12)4-11-6;;/h4,12H,3,5,10H2,1-2H3;2*1H. The van der Waals surface area contributed by atoms with Crippen molar-refractivity contribution in [2.75, 3.05) is 7.11 Å². The van der Waals surface area contributed by atoms with Crippen LogP contribution in [-0.2, 0) is 13.2 Å². The van der Waals surface area contributed by atoms with Crippen molar-refractivity contribution in [3.8, 4) is 5.75 Å². The van der Waals surface area contributed by atoms with E-state index >= 15 is 0 Å². The Morgan fingerprint density at radius 2 is 2.07 bits per heavy atom. The summed E-state index contributed by atoms with van der Waals surface area (Å²) in [6.45, 7) is 2.14. The number of nitrogens with two attached hydrogens (primary N) is 1. The summed E-state index contributed by atoms with van der Waals surface area (Å²) in [6, 6.07) is 0. The molecule has 3 N–H and O–H groups in total. The highest BCUT2D eigenvalue weighted by molar-refractivity contribution is 5.85. The van der Waals surface area contributed by atoms with Gasteiger partial charge in [-0.3, -0.25) is 4.98 Å². The summed E-state index contributed by atoms with van der Waals surface area (Å²) in [6.07, 6.45) is 1.63. The van der Waals surface area contributed by atoms with Gasteiger partial charge in [0.1, 0.15) is 5.75 Å². The second-order valence-electron chi connectivity index (χ2n) is 2.74. The lowest BCUT2D eigenvalue weighted by atomic mass is 10.1. The Balaban J connectivity index is 0. The first-order valence-electron chi connectivity index (χ1n) is 4.06. The topological polar surface area (TPSA) is 68.4 Å². The number of ether oxygens (including phenoxy) is 1. The minimum atomic E-state index is -0.0594. The molecular formula is C9H16Cl2N2O2. The molecule has 0 spiro atoms. The number of methoxy groups -OCH3 is 1. The Morgan fingerprint density at radius 3 is 2.47 bits per heavy atom. The smallest absolute Gasteiger partial charge is 0.144 e. The van der Waals surface area contributed by atoms with Crippen LogP contribution in [0.3, 0.4) is 0 Å². The molecule has 0 radical (unpaired) electrons. The number of aliphatic hydroxyl groups is 1. The molecule has 0 saturated carbocycles. The minimum Gasteiger partial charge on any atom is -0.495 e. The number of aliphatic hydroxyl groups excluding tert-OH is 1. The fourth-order valence-corrected chi connectivity index (χ4v) is 1.31. The van der Waals surface area contributed by atoms with Crippen molar-refractivity contribution >= 4 is 24.8 Å². The molecule has 0 aromatic carbocycles. The van der Waals surface area contributed by atoms with Gasteiger partial charge < -0.3 is 15.6 Å². The van der Waals surface area contributed by atoms with E-state index in [1.807, 2.05) is 6.92 Å². The summed E-state index contributed by atoms with van der Waals surface area (Å²) in [4.78, 5) is 4.09. The molecular weight excluding hydrogens is 239 g/mol. The Morgan fingerprint density at radius 1 is 1.47 bits per heavy atom. The molecule has 15 heavy (non-hydrogen) atoms. The van der Waals surface area contributed by atoms with Gasteiger partial charge in [0, 0.05) is 23.9 Å². The third kappa shape index (κ3) is 3.50. The van der Waals surface area contributed by atoms with Gasteiger partial charge in [0.05, 0.1) is 19.4 Å². The van der Waals surface area contributed by atoms with E-state index < -0.39 is 0 Å². The summed E-state index contributed by atoms with van der Waals surface area (Å²) in [5, 5.41) is 9.01. The number of aryl methyl sites for hydroxylation is 1. The predicted octanol–water partition coefficient (Wildman–Crippen LogP) is 1.19. The van der Waals surface area contributed by atoms with Crippen LogP contribution in [0.5, 0.6) is 5.75 Å². The van der Waals surface area contributed by atoms with Gasteiger partial charge in [-0.25, -0.2) is 0 Å². The first-order valence-corrected chi connectivity index (χ1v) is 4.06. The van der Waals surface area contributed by atoms with Crippen LogP contribution in [0.2, 0.25) is 0 Å². The van der Waals surface area contributed by atoms with E-state index in [-0.39, 0.29) is 31.4 Å². The lowest BCUT2D eigenvalue weighted by Crippen LogP contribution is -2.07. The number of aromatic nitrogens is 1. The van der Waals surface area contributed by atoms with Crippen LogP contribution in [0.15, 0.2) is 6.20 Å². The maximum absolute atomic E-state index is 9.01. The highest BCUT2D eigenvalue weighted by Gasteiger charge is 2.10. The van der Waals surface area contributed by atoms with Crippen molar-refractivity contribution in [1.29, 1.82) is 0 Å². The zero-order chi connectivity index (χ0) is 9.84. The van der Waals surface area contributed by atoms with Gasteiger partial charge in [-0.05, 0) is 6.92 Å². The molecule has 0 fully saturated rings. The maximum atomic E-state index is 9.01. The molecule has 6 heteroatoms. The van der Waals surface area contributed by atoms with E-state index in [0.29, 0.717) is 12.3 Å². The van der Waals surface area contributed by atoms with Gasteiger partial charge in [0.15, 0.2) is 0 Å². The average Bonchev–Trinajstić information content (AvgIpc) is 2.17. The Kier molecular flexibility index (Phi) is 8.66. The zero-order valence-corrected chi connectivity index (χ0v) is 10.3. The molecule has 0 amide bonds. The van der Waals surface area contributed by atoms with Gasteiger partial charge in [-0.2, -0.15) is 0 Å². The predicted molar refractivity (Wildman–Crippen MR) is 63.8 cm³/mol. The fourth-order valence-electron chi connectivity index (χ4n) is 1.31. The van der Waals surface area contributed by atoms with Crippen LogP contribution >= 0.6 is 24.8 Å². The summed E-state index contributed by atoms with van der Waals surface area (Å²) >= 11 is 0. The van der Waals surface area contributed by atoms with Gasteiger partial charge in [-0.15, -0.1) is 24.8 Å². The van der Waals surface area contributed by atoms with Crippen molar-refractivity contribution in [2.45, 2.75) is 20.1 Å². The molecule has 4 nitrogen and oxygen atoms in total. The SMILES string of the molecule is COc1c(C)ncc(CO)c1CN.Cl.Cl. The Bertz CT molecular complexity index is 308. The van der Waals surface area contributed by atoms with Crippen LogP contribution < -0.4 is 10.5 Å². The molecule has 0 saturated heterocycles. The summed E-state index contributed by atoms with van der Waals surface area (Å²) < 4.78 is 5.16. The van der Waals surface area contributed by atoms with Crippen LogP contribution in [-0.4, -0.2) is 17.2 Å². The van der Waals surface area contributed by atoms with Crippen molar-refractivity contribution in [2.24, 2.45) is 5.73 Å². The molecule has 0 aliphatic rings. The molecule has 1 aromatic rings. The summed E-state index contributed by atoms with van der Waals surface area (Å²) in [5.74, 6) is 0.675. The lowest BCUT2D eigenvalue weighted by Gasteiger charge is -2.12. The zero-order valence-electron chi connectivity index (χ0n) is 8.69. The first kappa shape index (κ1) is 16.9. The van der Waals surface area contributed by atoms with E-state index in [0.717, 1.165) is 16.8 Å². The van der Waals surface area contributed by atoms with E-state index in [2.05, 4.69) is 4.98 Å². The fraction of sp³-hybridized carbons (Fsp3) is 0.444. The summed E-state index contributed by atoms with van der Waals surface area (Å²) in [5.41, 5.74) is 7.90. The molecule has 0 unspecified atom stereocenters. The first-order chi connectivity index (χ1) is 6.24. The van der Waals surface area contributed by atoms with Crippen LogP contribution in [0.1, 0.15) is 16.8 Å². The number of hydrogen-bond acceptors (Lipinski definition) is 4. The molecule has 0 aliphatic heterocycles. The molecule has 0 bridgehead atoms. The van der Waals surface area contributed by atoms with Crippen LogP contribution in [0.25, 0.3) is 0 Å². The lowest BCUT2D eigenvalue weighted by molar-refractivity contribution is 0.278. The number of nitrogens with zero attached hydrogens (tertiary/aromatic N) is 1. The largest absolute Gasteiger partial charge is 0.495 e. The molecule has 0 aliphatic carbocycles. The normalized spacial score (nSPS) is 8.80. The minimum absolute atomic E-state index is 0. The van der Waals surface area contributed by atoms with Crippen molar-refractivity contribution in [1.82, 2.24) is 4.98 Å². The summed E-state index contributed by atoms with van der Waals surface area (Å²) in [7, 11) is 1.57. The molecule has 88 valence electrons. The van der Waals surface area contributed by atoms with Gasteiger partial charge in [-0.1, -0.05) is 0 Å². The highest BCUT2D eigenvalue weighted by atomic mass is 35.5. The van der Waals surface area contributed by atoms with Gasteiger partial charge in [0.2, 0.25) is 0 Å². The molecule has 0 atom stereocenters. The highest BCUT2D eigenvalue weighted by Crippen LogP contribution is 2.24. The monoisotopic (exact) mass is 254 g/mol. The Labute approximate surface area is 102 Å². The number of rotatable bonds is 3. The Hall–Kier alpha value is -0.550. The second-order valence-corrected chi connectivity index (χ2v) is 2.74. The number of halogens is 2. The maximum Gasteiger partial charge on any atom is 0.144 e. The third-order valence-electron chi connectivity index (χ3n) is 1.98. The van der Waals surface area contributed by atoms with E-state index in [1.54, 1.807) is 13.3 Å². The van der Waals surface area contributed by atoms with Crippen molar-refractivity contribution in [3.63, 3.8) is 0 Å². The molecule has 1 heterocycles. The molecule has 1 rings (SSSR count). The van der Waals surface area contributed by atoms with E-state index in [9.17, 15) is 0 Å². The van der Waals surface area contributed by atoms with Crippen molar-refractivity contribution < 1.29 is 9.84 Å². The number of pyridine rings is 1. The van der Waals surface area contributed by atoms with Crippen molar-refractivity contribution in [3.05, 3.63) is 23.0 Å². The number of hydrogen-bond donors (Lipinski definition) is 2. The van der Waals surface area contributed by atoms with E-state index in [4.69, 9.17) is 15.6 Å². The quantitative estimate of drug-likeness (QED) is 0.851.